The van der Waals surface area contributed by atoms with Crippen molar-refractivity contribution < 1.29 is 91.9 Å². The summed E-state index contributed by atoms with van der Waals surface area (Å²) in [7, 11) is -5.18. The molecule has 0 aliphatic carbocycles. The van der Waals surface area contributed by atoms with E-state index >= 15 is 0 Å². The molecule has 3 rings (SSSR count). The van der Waals surface area contributed by atoms with Crippen molar-refractivity contribution in [1.82, 2.24) is 0 Å². The van der Waals surface area contributed by atoms with E-state index in [4.69, 9.17) is 28.2 Å². The molecule has 0 spiro atoms. The molecule has 0 aromatic heterocycles. The Morgan fingerprint density at radius 3 is 1.87 bits per heavy atom. The van der Waals surface area contributed by atoms with E-state index in [0.29, 0.717) is 0 Å². The Morgan fingerprint density at radius 1 is 0.744 bits per heavy atom. The Bertz CT molecular complexity index is 903. The lowest BCUT2D eigenvalue weighted by Crippen LogP contribution is -2.68. The molecule has 3 heterocycles. The van der Waals surface area contributed by atoms with Crippen LogP contribution in [0.25, 0.3) is 0 Å². The van der Waals surface area contributed by atoms with Crippen molar-refractivity contribution in [3.63, 3.8) is 0 Å². The first kappa shape index (κ1) is 32.8. The summed E-state index contributed by atoms with van der Waals surface area (Å²) in [5, 5.41) is 101. The molecule has 3 saturated heterocycles. The highest BCUT2D eigenvalue weighted by atomic mass is 32.3. The third-order valence-electron chi connectivity index (χ3n) is 6.57. The predicted molar refractivity (Wildman–Crippen MR) is 116 cm³/mol. The van der Waals surface area contributed by atoms with Crippen molar-refractivity contribution >= 4 is 10.4 Å². The first-order valence-electron chi connectivity index (χ1n) is 11.6. The smallest absolute Gasteiger partial charge is 0.394 e. The van der Waals surface area contributed by atoms with Gasteiger partial charge in [-0.1, -0.05) is 0 Å². The molecule has 0 amide bonds. The van der Waals surface area contributed by atoms with Crippen LogP contribution in [-0.2, 0) is 38.3 Å². The van der Waals surface area contributed by atoms with Crippen LogP contribution in [0, 0.1) is 0 Å². The van der Waals surface area contributed by atoms with Crippen LogP contribution >= 0.6 is 0 Å². The molecule has 230 valence electrons. The van der Waals surface area contributed by atoms with Gasteiger partial charge < -0.3 is 74.7 Å². The molecule has 3 aliphatic rings. The first-order valence-corrected chi connectivity index (χ1v) is 13.0. The summed E-state index contributed by atoms with van der Waals surface area (Å²) in [5.74, 6) is -2.34. The monoisotopic (exact) mass is 598 g/mol. The summed E-state index contributed by atoms with van der Waals surface area (Å²) in [4.78, 5) is 0. The van der Waals surface area contributed by atoms with Crippen molar-refractivity contribution in [2.45, 2.75) is 98.5 Å². The Kier molecular flexibility index (Phi) is 10.6. The third-order valence-corrected chi connectivity index (χ3v) is 7.03. The molecular formula is C19H34O19S. The highest BCUT2D eigenvalue weighted by Gasteiger charge is 2.55. The molecule has 0 aromatic rings. The van der Waals surface area contributed by atoms with Crippen LogP contribution in [0.1, 0.15) is 6.92 Å². The lowest BCUT2D eigenvalue weighted by atomic mass is 9.93. The molecule has 11 N–H and O–H groups in total. The van der Waals surface area contributed by atoms with Crippen molar-refractivity contribution in [2.24, 2.45) is 0 Å². The van der Waals surface area contributed by atoms with Gasteiger partial charge in [0.25, 0.3) is 0 Å². The fourth-order valence-corrected chi connectivity index (χ4v) is 4.97. The van der Waals surface area contributed by atoms with E-state index < -0.39 is 122 Å². The van der Waals surface area contributed by atoms with E-state index in [1.54, 1.807) is 0 Å². The van der Waals surface area contributed by atoms with Crippen LogP contribution in [0.15, 0.2) is 0 Å². The normalized spacial score (nSPS) is 49.6. The first-order chi connectivity index (χ1) is 18.0. The maximum absolute atomic E-state index is 11.1. The highest BCUT2D eigenvalue weighted by molar-refractivity contribution is 7.80. The van der Waals surface area contributed by atoms with Gasteiger partial charge in [-0.05, 0) is 6.92 Å². The maximum Gasteiger partial charge on any atom is 0.397 e. The molecule has 3 fully saturated rings. The van der Waals surface area contributed by atoms with Crippen molar-refractivity contribution in [2.75, 3.05) is 19.8 Å². The van der Waals surface area contributed by atoms with E-state index in [0.717, 1.165) is 6.92 Å². The minimum atomic E-state index is -5.18. The number of aliphatic hydroxyl groups is 10. The van der Waals surface area contributed by atoms with E-state index in [-0.39, 0.29) is 0 Å². The predicted octanol–water partition coefficient (Wildman–Crippen LogP) is -7.36. The summed E-state index contributed by atoms with van der Waals surface area (Å²) in [6.07, 6.45) is -25.6. The Hall–Kier alpha value is -0.730. The van der Waals surface area contributed by atoms with Crippen LogP contribution in [-0.4, -0.2) is 175 Å². The van der Waals surface area contributed by atoms with Gasteiger partial charge in [0.1, 0.15) is 73.2 Å². The lowest BCUT2D eigenvalue weighted by Gasteiger charge is -2.48. The van der Waals surface area contributed by atoms with Crippen molar-refractivity contribution in [1.29, 1.82) is 0 Å². The maximum atomic E-state index is 11.1. The molecule has 0 saturated carbocycles. The second-order valence-electron chi connectivity index (χ2n) is 9.47. The SMILES string of the molecule is C[C@]1(O)O[C@H](CO)[C@@H](O)[C@H](O)[C@H]1O[C@H]1O[C@H](CO[C@@H]2O[C@H](CO)[C@H](O)[C@H](OS(=O)(=O)O)[C@H]2O)[C@@H](O)[C@H](O)[C@@H]1O. The zero-order chi connectivity index (χ0) is 29.4. The van der Waals surface area contributed by atoms with Gasteiger partial charge in [0.2, 0.25) is 0 Å². The summed E-state index contributed by atoms with van der Waals surface area (Å²) >= 11 is 0. The Labute approximate surface area is 221 Å². The number of hydrogen-bond donors (Lipinski definition) is 11. The van der Waals surface area contributed by atoms with Gasteiger partial charge in [0.05, 0.1) is 19.8 Å². The van der Waals surface area contributed by atoms with Crippen molar-refractivity contribution in [3.05, 3.63) is 0 Å². The molecular weight excluding hydrogens is 564 g/mol. The van der Waals surface area contributed by atoms with Crippen LogP contribution < -0.4 is 0 Å². The van der Waals surface area contributed by atoms with Crippen LogP contribution in [0.3, 0.4) is 0 Å². The van der Waals surface area contributed by atoms with Gasteiger partial charge in [0.15, 0.2) is 18.4 Å². The number of aliphatic hydroxyl groups excluding tert-OH is 9. The van der Waals surface area contributed by atoms with E-state index in [2.05, 4.69) is 4.18 Å². The zero-order valence-electron chi connectivity index (χ0n) is 20.3. The molecule has 15 atom stereocenters. The molecule has 20 heteroatoms. The molecule has 0 unspecified atom stereocenters. The van der Waals surface area contributed by atoms with Crippen LogP contribution in [0.2, 0.25) is 0 Å². The minimum absolute atomic E-state index is 0.770. The fraction of sp³-hybridized carbons (Fsp3) is 1.00. The molecule has 0 radical (unpaired) electrons. The average Bonchev–Trinajstić information content (AvgIpc) is 2.86. The second-order valence-corrected chi connectivity index (χ2v) is 10.5. The molecule has 3 aliphatic heterocycles. The standard InChI is InChI=1S/C19H34O19S/c1-19(29)16(12(26)8(22)6(3-21)37-19)36-18-13(27)11(25)9(23)7(35-18)4-33-17-14(28)15(38-39(30,31)32)10(24)5(2-20)34-17/h5-18,20-29H,2-4H2,1H3,(H,30,31,32)/t5-,6-,7-,8-,9-,10+,11+,12+,13+,14-,15+,16-,17-,18-,19+/m1/s1. The van der Waals surface area contributed by atoms with Crippen molar-refractivity contribution in [3.8, 4) is 0 Å². The fourth-order valence-electron chi connectivity index (χ4n) is 4.46. The molecule has 0 aromatic carbocycles. The van der Waals surface area contributed by atoms with Gasteiger partial charge in [-0.25, -0.2) is 4.18 Å². The van der Waals surface area contributed by atoms with Gasteiger partial charge in [-0.2, -0.15) is 8.42 Å². The topological polar surface area (TPSA) is 312 Å². The number of hydrogen-bond acceptors (Lipinski definition) is 18. The second kappa shape index (κ2) is 12.6. The molecule has 39 heavy (non-hydrogen) atoms. The van der Waals surface area contributed by atoms with Gasteiger partial charge in [-0.3, -0.25) is 4.55 Å². The highest BCUT2D eigenvalue weighted by Crippen LogP contribution is 2.34. The summed E-state index contributed by atoms with van der Waals surface area (Å²) in [5.41, 5.74) is 0. The summed E-state index contributed by atoms with van der Waals surface area (Å²) < 4.78 is 61.8. The third kappa shape index (κ3) is 7.20. The summed E-state index contributed by atoms with van der Waals surface area (Å²) in [6, 6.07) is 0. The number of rotatable bonds is 9. The van der Waals surface area contributed by atoms with E-state index in [1.807, 2.05) is 0 Å². The summed E-state index contributed by atoms with van der Waals surface area (Å²) in [6.45, 7) is -1.44. The van der Waals surface area contributed by atoms with Gasteiger partial charge >= 0.3 is 10.4 Å². The lowest BCUT2D eigenvalue weighted by molar-refractivity contribution is -0.393. The van der Waals surface area contributed by atoms with Crippen LogP contribution in [0.5, 0.6) is 0 Å². The van der Waals surface area contributed by atoms with Gasteiger partial charge in [-0.15, -0.1) is 0 Å². The number of ether oxygens (including phenoxy) is 5. The van der Waals surface area contributed by atoms with Gasteiger partial charge in [0, 0.05) is 0 Å². The quantitative estimate of drug-likeness (QED) is 0.110. The average molecular weight is 599 g/mol. The van der Waals surface area contributed by atoms with Crippen LogP contribution in [0.4, 0.5) is 0 Å². The molecule has 0 bridgehead atoms. The molecule has 19 nitrogen and oxygen atoms in total. The van der Waals surface area contributed by atoms with E-state index in [9.17, 15) is 59.5 Å². The zero-order valence-corrected chi connectivity index (χ0v) is 21.1. The van der Waals surface area contributed by atoms with E-state index in [1.165, 1.54) is 0 Å². The Balaban J connectivity index is 1.72. The largest absolute Gasteiger partial charge is 0.397 e. The minimum Gasteiger partial charge on any atom is -0.394 e. The Morgan fingerprint density at radius 2 is 1.31 bits per heavy atom.